The average molecular weight is 437 g/mol. The first-order chi connectivity index (χ1) is 13.5. The van der Waals surface area contributed by atoms with Crippen LogP contribution in [0.25, 0.3) is 0 Å². The summed E-state index contributed by atoms with van der Waals surface area (Å²) in [6, 6.07) is 11.4. The molecule has 3 rings (SSSR count). The third-order valence-electron chi connectivity index (χ3n) is 4.53. The van der Waals surface area contributed by atoms with Gasteiger partial charge in [0.15, 0.2) is 19.7 Å². The number of hydrogen-bond acceptors (Lipinski definition) is 6. The summed E-state index contributed by atoms with van der Waals surface area (Å²) in [6.45, 7) is 0.503. The van der Waals surface area contributed by atoms with Gasteiger partial charge in [-0.25, -0.2) is 26.9 Å². The van der Waals surface area contributed by atoms with Crippen LogP contribution in [0, 0.1) is 0 Å². The number of sulfone groups is 2. The zero-order valence-corrected chi connectivity index (χ0v) is 17.5. The Morgan fingerprint density at radius 2 is 1.41 bits per heavy atom. The molecular weight excluding hydrogens is 416 g/mol. The van der Waals surface area contributed by atoms with Crippen LogP contribution in [-0.4, -0.2) is 64.3 Å². The van der Waals surface area contributed by atoms with Gasteiger partial charge < -0.3 is 0 Å². The van der Waals surface area contributed by atoms with Gasteiger partial charge in [0.2, 0.25) is 0 Å². The maximum Gasteiger partial charge on any atom is 0.273 e. The molecule has 1 fully saturated rings. The van der Waals surface area contributed by atoms with Crippen molar-refractivity contribution in [1.29, 1.82) is 0 Å². The highest BCUT2D eigenvalue weighted by Crippen LogP contribution is 2.23. The molecule has 0 aromatic heterocycles. The van der Waals surface area contributed by atoms with Gasteiger partial charge in [0.25, 0.3) is 11.8 Å². The summed E-state index contributed by atoms with van der Waals surface area (Å²) in [7, 11) is -7.13. The monoisotopic (exact) mass is 436 g/mol. The van der Waals surface area contributed by atoms with E-state index in [9.17, 15) is 26.4 Å². The Hall–Kier alpha value is -2.72. The predicted molar refractivity (Wildman–Crippen MR) is 106 cm³/mol. The Morgan fingerprint density at radius 1 is 0.793 bits per heavy atom. The molecule has 154 valence electrons. The Morgan fingerprint density at radius 3 is 2.03 bits per heavy atom. The number of amides is 2. The van der Waals surface area contributed by atoms with Crippen molar-refractivity contribution in [3.63, 3.8) is 0 Å². The molecule has 8 nitrogen and oxygen atoms in total. The number of benzene rings is 2. The molecule has 0 spiro atoms. The van der Waals surface area contributed by atoms with Crippen molar-refractivity contribution in [2.75, 3.05) is 25.6 Å². The minimum Gasteiger partial charge on any atom is -0.267 e. The summed E-state index contributed by atoms with van der Waals surface area (Å²) in [5, 5.41) is 2.43. The summed E-state index contributed by atoms with van der Waals surface area (Å²) >= 11 is 0. The second kappa shape index (κ2) is 7.60. The quantitative estimate of drug-likeness (QED) is 0.717. The SMILES string of the molecule is CS(=O)(=O)c1cccc(C(=O)N2CCCN2C(=O)c2ccccc2S(C)(=O)=O)c1. The van der Waals surface area contributed by atoms with Crippen LogP contribution in [0.1, 0.15) is 27.1 Å². The fourth-order valence-electron chi connectivity index (χ4n) is 3.15. The highest BCUT2D eigenvalue weighted by molar-refractivity contribution is 7.91. The third kappa shape index (κ3) is 4.33. The number of hydrogen-bond donors (Lipinski definition) is 0. The van der Waals surface area contributed by atoms with E-state index in [0.717, 1.165) is 12.5 Å². The Labute approximate surface area is 169 Å². The number of carbonyl (C=O) groups is 2. The van der Waals surface area contributed by atoms with Crippen molar-refractivity contribution < 1.29 is 26.4 Å². The zero-order chi connectivity index (χ0) is 21.4. The average Bonchev–Trinajstić information content (AvgIpc) is 3.15. The van der Waals surface area contributed by atoms with Crippen LogP contribution in [0.5, 0.6) is 0 Å². The van der Waals surface area contributed by atoms with Gasteiger partial charge in [0.05, 0.1) is 15.4 Å². The second-order valence-electron chi connectivity index (χ2n) is 6.78. The molecule has 1 heterocycles. The van der Waals surface area contributed by atoms with E-state index >= 15 is 0 Å². The van der Waals surface area contributed by atoms with Crippen molar-refractivity contribution in [3.05, 3.63) is 59.7 Å². The molecule has 29 heavy (non-hydrogen) atoms. The number of carbonyl (C=O) groups excluding carboxylic acids is 2. The van der Waals surface area contributed by atoms with Gasteiger partial charge in [-0.1, -0.05) is 18.2 Å². The molecule has 0 N–H and O–H groups in total. The minimum atomic E-state index is -3.64. The molecule has 0 unspecified atom stereocenters. The molecule has 10 heteroatoms. The molecule has 2 aromatic carbocycles. The van der Waals surface area contributed by atoms with E-state index in [1.807, 2.05) is 0 Å². The van der Waals surface area contributed by atoms with Crippen LogP contribution in [0.2, 0.25) is 0 Å². The molecule has 1 aliphatic heterocycles. The Bertz CT molecular complexity index is 1190. The molecule has 1 saturated heterocycles. The largest absolute Gasteiger partial charge is 0.273 e. The van der Waals surface area contributed by atoms with E-state index in [2.05, 4.69) is 0 Å². The molecule has 0 bridgehead atoms. The van der Waals surface area contributed by atoms with Gasteiger partial charge in [-0.05, 0) is 36.8 Å². The molecular formula is C19H20N2O6S2. The van der Waals surface area contributed by atoms with Crippen LogP contribution < -0.4 is 0 Å². The molecule has 0 atom stereocenters. The highest BCUT2D eigenvalue weighted by atomic mass is 32.2. The standard InChI is InChI=1S/C19H20N2O6S2/c1-28(24,25)15-8-5-7-14(13-15)18(22)20-11-6-12-21(20)19(23)16-9-3-4-10-17(16)29(2,26)27/h3-5,7-10,13H,6,11-12H2,1-2H3. The summed E-state index contributed by atoms with van der Waals surface area (Å²) in [5.41, 5.74) is 0.114. The summed E-state index contributed by atoms with van der Waals surface area (Å²) in [6.07, 6.45) is 2.58. The first-order valence-electron chi connectivity index (χ1n) is 8.73. The lowest BCUT2D eigenvalue weighted by Crippen LogP contribution is -2.45. The highest BCUT2D eigenvalue weighted by Gasteiger charge is 2.34. The van der Waals surface area contributed by atoms with E-state index in [4.69, 9.17) is 0 Å². The molecule has 0 radical (unpaired) electrons. The first-order valence-corrected chi connectivity index (χ1v) is 12.5. The normalized spacial score (nSPS) is 14.8. The van der Waals surface area contributed by atoms with Crippen molar-refractivity contribution in [2.24, 2.45) is 0 Å². The fraction of sp³-hybridized carbons (Fsp3) is 0.263. The van der Waals surface area contributed by atoms with Crippen molar-refractivity contribution in [3.8, 4) is 0 Å². The van der Waals surface area contributed by atoms with Crippen molar-refractivity contribution in [1.82, 2.24) is 10.0 Å². The van der Waals surface area contributed by atoms with E-state index < -0.39 is 31.5 Å². The van der Waals surface area contributed by atoms with Gasteiger partial charge in [-0.3, -0.25) is 9.59 Å². The first kappa shape index (κ1) is 21.0. The molecule has 2 aromatic rings. The van der Waals surface area contributed by atoms with Crippen LogP contribution in [0.3, 0.4) is 0 Å². The lowest BCUT2D eigenvalue weighted by atomic mass is 10.2. The van der Waals surface area contributed by atoms with Crippen LogP contribution in [0.4, 0.5) is 0 Å². The summed E-state index contributed by atoms with van der Waals surface area (Å²) < 4.78 is 47.6. The number of nitrogens with zero attached hydrogens (tertiary/aromatic N) is 2. The van der Waals surface area contributed by atoms with Gasteiger partial charge in [0.1, 0.15) is 0 Å². The second-order valence-corrected chi connectivity index (χ2v) is 10.8. The lowest BCUT2D eigenvalue weighted by Gasteiger charge is -2.28. The maximum absolute atomic E-state index is 13.1. The molecule has 1 aliphatic rings. The Kier molecular flexibility index (Phi) is 5.50. The van der Waals surface area contributed by atoms with Gasteiger partial charge in [-0.2, -0.15) is 0 Å². The molecule has 0 saturated carbocycles. The van der Waals surface area contributed by atoms with E-state index in [1.165, 1.54) is 52.5 Å². The van der Waals surface area contributed by atoms with E-state index in [-0.39, 0.29) is 34.0 Å². The van der Waals surface area contributed by atoms with Gasteiger partial charge in [0, 0.05) is 31.2 Å². The van der Waals surface area contributed by atoms with Gasteiger partial charge >= 0.3 is 0 Å². The van der Waals surface area contributed by atoms with Crippen molar-refractivity contribution >= 4 is 31.5 Å². The van der Waals surface area contributed by atoms with Crippen LogP contribution in [0.15, 0.2) is 58.3 Å². The topological polar surface area (TPSA) is 109 Å². The minimum absolute atomic E-state index is 0.00263. The number of hydrazine groups is 1. The zero-order valence-electron chi connectivity index (χ0n) is 15.9. The number of rotatable bonds is 4. The fourth-order valence-corrected chi connectivity index (χ4v) is 4.70. The summed E-state index contributed by atoms with van der Waals surface area (Å²) in [5.74, 6) is -1.13. The summed E-state index contributed by atoms with van der Waals surface area (Å²) in [4.78, 5) is 25.9. The molecule has 2 amide bonds. The van der Waals surface area contributed by atoms with Crippen LogP contribution in [-0.2, 0) is 19.7 Å². The van der Waals surface area contributed by atoms with E-state index in [0.29, 0.717) is 6.42 Å². The third-order valence-corrected chi connectivity index (χ3v) is 6.79. The Balaban J connectivity index is 1.96. The predicted octanol–water partition coefficient (Wildman–Crippen LogP) is 1.40. The maximum atomic E-state index is 13.1. The molecule has 0 aliphatic carbocycles. The van der Waals surface area contributed by atoms with Crippen molar-refractivity contribution in [2.45, 2.75) is 16.2 Å². The smallest absolute Gasteiger partial charge is 0.267 e. The van der Waals surface area contributed by atoms with E-state index in [1.54, 1.807) is 6.07 Å². The lowest BCUT2D eigenvalue weighted by molar-refractivity contribution is 0.0183. The van der Waals surface area contributed by atoms with Crippen LogP contribution >= 0.6 is 0 Å². The van der Waals surface area contributed by atoms with Gasteiger partial charge in [-0.15, -0.1) is 0 Å².